The molecule has 2 amide bonds. The molecule has 0 unspecified atom stereocenters. The van der Waals surface area contributed by atoms with Gasteiger partial charge in [-0.3, -0.25) is 19.4 Å². The molecule has 3 aromatic rings. The molecule has 7 N–H and O–H groups in total. The lowest BCUT2D eigenvalue weighted by atomic mass is 10.1. The zero-order valence-electron chi connectivity index (χ0n) is 22.9. The first-order chi connectivity index (χ1) is 20.5. The van der Waals surface area contributed by atoms with Gasteiger partial charge in [0, 0.05) is 30.6 Å². The van der Waals surface area contributed by atoms with Gasteiger partial charge in [0.2, 0.25) is 11.9 Å². The number of anilines is 2. The largest absolute Gasteiger partial charge is 0.480 e. The summed E-state index contributed by atoms with van der Waals surface area (Å²) in [6, 6.07) is 8.69. The van der Waals surface area contributed by atoms with Crippen LogP contribution in [-0.4, -0.2) is 68.8 Å². The molecule has 2 aromatic carbocycles. The highest BCUT2D eigenvalue weighted by Crippen LogP contribution is 2.20. The molecule has 0 bridgehead atoms. The molecule has 2 atom stereocenters. The Morgan fingerprint density at radius 3 is 2.35 bits per heavy atom. The van der Waals surface area contributed by atoms with Crippen LogP contribution in [0.1, 0.15) is 41.6 Å². The molecular formula is C29H30N6O8. The third-order valence-corrected chi connectivity index (χ3v) is 6.41. The van der Waals surface area contributed by atoms with Gasteiger partial charge in [-0.15, -0.1) is 6.42 Å². The van der Waals surface area contributed by atoms with Crippen molar-refractivity contribution in [1.82, 2.24) is 20.6 Å². The van der Waals surface area contributed by atoms with Crippen LogP contribution < -0.4 is 26.8 Å². The van der Waals surface area contributed by atoms with Crippen LogP contribution >= 0.6 is 0 Å². The van der Waals surface area contributed by atoms with E-state index in [2.05, 4.69) is 26.5 Å². The predicted octanol–water partition coefficient (Wildman–Crippen LogP) is 0.657. The van der Waals surface area contributed by atoms with E-state index in [9.17, 15) is 33.9 Å². The molecular weight excluding hydrogens is 560 g/mol. The topological polar surface area (TPSA) is 225 Å². The Balaban J connectivity index is 1.65. The van der Waals surface area contributed by atoms with E-state index in [0.717, 1.165) is 5.56 Å². The highest BCUT2D eigenvalue weighted by molar-refractivity contribution is 5.97. The van der Waals surface area contributed by atoms with Crippen molar-refractivity contribution in [2.45, 2.75) is 44.3 Å². The minimum atomic E-state index is -1.42. The minimum Gasteiger partial charge on any atom is -0.480 e. The second-order valence-corrected chi connectivity index (χ2v) is 9.52. The number of amides is 2. The van der Waals surface area contributed by atoms with Gasteiger partial charge in [0.05, 0.1) is 17.4 Å². The number of aromatic amines is 1. The number of aliphatic carboxylic acids is 2. The molecule has 0 aliphatic carbocycles. The van der Waals surface area contributed by atoms with Gasteiger partial charge in [0.1, 0.15) is 18.4 Å². The van der Waals surface area contributed by atoms with E-state index < -0.39 is 35.8 Å². The van der Waals surface area contributed by atoms with Crippen molar-refractivity contribution >= 4 is 52.6 Å². The Kier molecular flexibility index (Phi) is 10.9. The number of carboxylic acids is 2. The number of aldehydes is 1. The van der Waals surface area contributed by atoms with Gasteiger partial charge in [0.25, 0.3) is 11.5 Å². The van der Waals surface area contributed by atoms with Crippen LogP contribution in [0.5, 0.6) is 0 Å². The maximum absolute atomic E-state index is 12.8. The van der Waals surface area contributed by atoms with Crippen molar-refractivity contribution in [2.24, 2.45) is 0 Å². The monoisotopic (exact) mass is 590 g/mol. The Labute approximate surface area is 245 Å². The number of nitrogen functional groups attached to an aromatic ring is 1. The normalized spacial score (nSPS) is 12.0. The number of nitrogens with one attached hydrogen (secondary N) is 3. The molecule has 0 fully saturated rings. The second kappa shape index (κ2) is 14.8. The SMILES string of the molecule is C#CCN(Cc1ccc2nc(N)[nH]c(=O)c2c1)c1ccc(C(=O)N[C@@H](CCC(=O)N[C@@H](CCC=O)C(=O)O)C(=O)O)cc1. The Morgan fingerprint density at radius 1 is 1.05 bits per heavy atom. The first-order valence-corrected chi connectivity index (χ1v) is 13.1. The van der Waals surface area contributed by atoms with E-state index in [4.69, 9.17) is 17.3 Å². The Bertz CT molecular complexity index is 1610. The van der Waals surface area contributed by atoms with Gasteiger partial charge in [-0.25, -0.2) is 14.6 Å². The van der Waals surface area contributed by atoms with E-state index >= 15 is 0 Å². The molecule has 0 aliphatic heterocycles. The van der Waals surface area contributed by atoms with Crippen LogP contribution in [0.25, 0.3) is 10.9 Å². The van der Waals surface area contributed by atoms with E-state index in [1.807, 2.05) is 4.90 Å². The third-order valence-electron chi connectivity index (χ3n) is 6.41. The summed E-state index contributed by atoms with van der Waals surface area (Å²) in [5, 5.41) is 23.7. The van der Waals surface area contributed by atoms with Crippen LogP contribution in [-0.2, 0) is 25.7 Å². The molecule has 0 saturated carbocycles. The average Bonchev–Trinajstić information content (AvgIpc) is 2.97. The molecule has 1 heterocycles. The third kappa shape index (κ3) is 8.89. The Hall–Kier alpha value is -5.71. The summed E-state index contributed by atoms with van der Waals surface area (Å²) in [6.45, 7) is 0.539. The number of carbonyl (C=O) groups is 5. The number of nitrogens with zero attached hydrogens (tertiary/aromatic N) is 2. The number of hydrogen-bond acceptors (Lipinski definition) is 9. The molecule has 3 rings (SSSR count). The summed E-state index contributed by atoms with van der Waals surface area (Å²) in [6.07, 6.45) is 5.26. The van der Waals surface area contributed by atoms with Gasteiger partial charge in [-0.05, 0) is 54.8 Å². The quantitative estimate of drug-likeness (QED) is 0.106. The molecule has 43 heavy (non-hydrogen) atoms. The molecule has 14 nitrogen and oxygen atoms in total. The van der Waals surface area contributed by atoms with Crippen LogP contribution in [0.4, 0.5) is 11.6 Å². The van der Waals surface area contributed by atoms with Crippen molar-refractivity contribution in [3.05, 3.63) is 63.9 Å². The summed E-state index contributed by atoms with van der Waals surface area (Å²) >= 11 is 0. The van der Waals surface area contributed by atoms with Crippen LogP contribution in [0, 0.1) is 12.3 Å². The van der Waals surface area contributed by atoms with Gasteiger partial charge >= 0.3 is 11.9 Å². The molecule has 0 spiro atoms. The van der Waals surface area contributed by atoms with Crippen molar-refractivity contribution in [3.8, 4) is 12.3 Å². The molecule has 224 valence electrons. The number of carbonyl (C=O) groups excluding carboxylic acids is 3. The highest BCUT2D eigenvalue weighted by atomic mass is 16.4. The summed E-state index contributed by atoms with van der Waals surface area (Å²) in [7, 11) is 0. The van der Waals surface area contributed by atoms with E-state index in [1.165, 1.54) is 12.1 Å². The number of carboxylic acid groups (broad SMARTS) is 2. The number of terminal acetylenes is 1. The van der Waals surface area contributed by atoms with Crippen molar-refractivity contribution in [3.63, 3.8) is 0 Å². The predicted molar refractivity (Wildman–Crippen MR) is 156 cm³/mol. The highest BCUT2D eigenvalue weighted by Gasteiger charge is 2.24. The van der Waals surface area contributed by atoms with E-state index in [1.54, 1.807) is 30.3 Å². The zero-order chi connectivity index (χ0) is 31.5. The molecule has 0 saturated heterocycles. The maximum Gasteiger partial charge on any atom is 0.326 e. The van der Waals surface area contributed by atoms with Crippen LogP contribution in [0.3, 0.4) is 0 Å². The van der Waals surface area contributed by atoms with E-state index in [-0.39, 0.29) is 49.3 Å². The maximum atomic E-state index is 12.8. The van der Waals surface area contributed by atoms with Gasteiger partial charge in [-0.1, -0.05) is 12.0 Å². The first-order valence-electron chi connectivity index (χ1n) is 13.1. The lowest BCUT2D eigenvalue weighted by molar-refractivity contribution is -0.142. The number of nitrogens with two attached hydrogens (primary N) is 1. The zero-order valence-corrected chi connectivity index (χ0v) is 22.9. The summed E-state index contributed by atoms with van der Waals surface area (Å²) < 4.78 is 0. The van der Waals surface area contributed by atoms with Crippen LogP contribution in [0.2, 0.25) is 0 Å². The standard InChI is InChI=1S/C29H30N6O8/c1-2-13-35(16-17-5-10-21-20(15-17)26(39)34-29(30)33-21)19-8-6-18(7-9-19)25(38)32-23(28(42)43)11-12-24(37)31-22(27(40)41)4-3-14-36/h1,5-10,14-15,22-23H,3-4,11-13,16H2,(H,31,37)(H,32,38)(H,40,41)(H,42,43)(H3,30,33,34,39)/t22-,23-/m0/s1. The Morgan fingerprint density at radius 2 is 1.72 bits per heavy atom. The van der Waals surface area contributed by atoms with Gasteiger partial charge < -0.3 is 36.3 Å². The molecule has 0 radical (unpaired) electrons. The van der Waals surface area contributed by atoms with Crippen molar-refractivity contribution < 1.29 is 34.2 Å². The van der Waals surface area contributed by atoms with Crippen molar-refractivity contribution in [1.29, 1.82) is 0 Å². The molecule has 14 heteroatoms. The number of rotatable bonds is 15. The molecule has 1 aromatic heterocycles. The number of hydrogen-bond donors (Lipinski definition) is 6. The number of aromatic nitrogens is 2. The van der Waals surface area contributed by atoms with Gasteiger partial charge in [0.15, 0.2) is 0 Å². The fourth-order valence-electron chi connectivity index (χ4n) is 4.23. The first kappa shape index (κ1) is 31.8. The lowest BCUT2D eigenvalue weighted by Crippen LogP contribution is -2.44. The van der Waals surface area contributed by atoms with E-state index in [0.29, 0.717) is 29.4 Å². The van der Waals surface area contributed by atoms with Crippen molar-refractivity contribution in [2.75, 3.05) is 17.2 Å². The number of benzene rings is 2. The second-order valence-electron chi connectivity index (χ2n) is 9.52. The minimum absolute atomic E-state index is 0.0137. The summed E-state index contributed by atoms with van der Waals surface area (Å²) in [4.78, 5) is 79.1. The number of fused-ring (bicyclic) bond motifs is 1. The summed E-state index contributed by atoms with van der Waals surface area (Å²) in [5.41, 5.74) is 7.26. The van der Waals surface area contributed by atoms with Crippen LogP contribution in [0.15, 0.2) is 47.3 Å². The average molecular weight is 591 g/mol. The number of H-pyrrole nitrogens is 1. The summed E-state index contributed by atoms with van der Waals surface area (Å²) in [5.74, 6) is -1.53. The smallest absolute Gasteiger partial charge is 0.326 e. The van der Waals surface area contributed by atoms with Gasteiger partial charge in [-0.2, -0.15) is 0 Å². The fraction of sp³-hybridized carbons (Fsp3) is 0.276. The molecule has 0 aliphatic rings. The lowest BCUT2D eigenvalue weighted by Gasteiger charge is -2.23. The fourth-order valence-corrected chi connectivity index (χ4v) is 4.23.